The number of unbranched alkanes of at least 4 members (excludes halogenated alkanes) is 12. The first kappa shape index (κ1) is 38.7. The molecule has 272 valence electrons. The Balaban J connectivity index is 1.48. The van der Waals surface area contributed by atoms with Gasteiger partial charge in [0.1, 0.15) is 12.2 Å². The molecule has 0 aliphatic heterocycles. The van der Waals surface area contributed by atoms with Gasteiger partial charge in [0.05, 0.1) is 12.2 Å². The Hall–Kier alpha value is -2.11. The molecule has 0 aromatic heterocycles. The van der Waals surface area contributed by atoms with E-state index in [0.717, 1.165) is 19.3 Å². The van der Waals surface area contributed by atoms with Crippen LogP contribution in [-0.4, -0.2) is 73.9 Å². The van der Waals surface area contributed by atoms with E-state index in [-0.39, 0.29) is 17.6 Å². The lowest BCUT2D eigenvalue weighted by molar-refractivity contribution is -0.313. The lowest BCUT2D eigenvalue weighted by atomic mass is 9.58. The number of hydrogen-bond donors (Lipinski definition) is 4. The fraction of sp³-hybridized carbons (Fsp3) is 0.816. The van der Waals surface area contributed by atoms with Crippen LogP contribution in [0.5, 0.6) is 0 Å². The second-order valence-corrected chi connectivity index (χ2v) is 15.6. The van der Waals surface area contributed by atoms with Gasteiger partial charge in [0.15, 0.2) is 17.0 Å². The number of rotatable bonds is 18. The molecular weight excluding hydrogens is 616 g/mol. The predicted octanol–water partition coefficient (Wildman–Crippen LogP) is 6.00. The van der Waals surface area contributed by atoms with Crippen molar-refractivity contribution >= 4 is 17.7 Å². The summed E-state index contributed by atoms with van der Waals surface area (Å²) in [5.41, 5.74) is -6.24. The van der Waals surface area contributed by atoms with Crippen molar-refractivity contribution in [1.29, 1.82) is 0 Å². The molecule has 0 heterocycles. The number of fused-ring (bicyclic) bond motifs is 5. The topological polar surface area (TPSA) is 160 Å². The van der Waals surface area contributed by atoms with Crippen LogP contribution in [0, 0.1) is 29.1 Å². The molecule has 0 amide bonds. The van der Waals surface area contributed by atoms with Gasteiger partial charge in [-0.3, -0.25) is 19.6 Å². The lowest BCUT2D eigenvalue weighted by Crippen LogP contribution is -2.68. The van der Waals surface area contributed by atoms with E-state index in [4.69, 9.17) is 14.4 Å². The van der Waals surface area contributed by atoms with Gasteiger partial charge in [0, 0.05) is 42.4 Å². The number of Topliss-reactive ketones (excluding diaryl/α,β-unsaturated/α-hetero) is 1. The minimum Gasteiger partial charge on any atom is -0.458 e. The molecule has 4 N–H and O–H groups in total. The maximum absolute atomic E-state index is 13.4. The van der Waals surface area contributed by atoms with Gasteiger partial charge in [-0.2, -0.15) is 0 Å². The van der Waals surface area contributed by atoms with Crippen molar-refractivity contribution in [3.63, 3.8) is 0 Å². The van der Waals surface area contributed by atoms with Crippen molar-refractivity contribution in [2.45, 2.75) is 160 Å². The van der Waals surface area contributed by atoms with E-state index in [2.05, 4.69) is 6.92 Å². The molecule has 0 saturated heterocycles. The van der Waals surface area contributed by atoms with Crippen LogP contribution in [0.4, 0.5) is 0 Å². The van der Waals surface area contributed by atoms with Crippen molar-refractivity contribution < 1.29 is 49.3 Å². The van der Waals surface area contributed by atoms with Crippen LogP contribution in [0.1, 0.15) is 131 Å². The number of ether oxygens (including phenoxy) is 2. The minimum atomic E-state index is -2.24. The molecule has 0 bridgehead atoms. The fourth-order valence-corrected chi connectivity index (χ4v) is 9.73. The van der Waals surface area contributed by atoms with Gasteiger partial charge < -0.3 is 24.8 Å². The van der Waals surface area contributed by atoms with Crippen molar-refractivity contribution in [3.05, 3.63) is 23.3 Å². The van der Waals surface area contributed by atoms with Crippen LogP contribution >= 0.6 is 0 Å². The third kappa shape index (κ3) is 6.69. The zero-order valence-corrected chi connectivity index (χ0v) is 30.0. The monoisotopic (exact) mass is 676 g/mol. The summed E-state index contributed by atoms with van der Waals surface area (Å²) in [6.45, 7) is 9.70. The van der Waals surface area contributed by atoms with E-state index >= 15 is 0 Å². The molecule has 10 heteroatoms. The fourth-order valence-electron chi connectivity index (χ4n) is 9.73. The van der Waals surface area contributed by atoms with E-state index in [1.54, 1.807) is 13.8 Å². The number of ketones is 1. The highest BCUT2D eigenvalue weighted by Gasteiger charge is 2.89. The number of hydrogen-bond acceptors (Lipinski definition) is 10. The lowest BCUT2D eigenvalue weighted by Gasteiger charge is -2.54. The summed E-state index contributed by atoms with van der Waals surface area (Å²) in [5.74, 6) is -5.72. The number of aliphatic hydroxyl groups is 3. The van der Waals surface area contributed by atoms with Gasteiger partial charge in [0.2, 0.25) is 0 Å². The molecule has 2 fully saturated rings. The summed E-state index contributed by atoms with van der Waals surface area (Å²) in [5, 5.41) is 45.3. The average molecular weight is 677 g/mol. The molecule has 4 aliphatic rings. The minimum absolute atomic E-state index is 0.0202. The predicted molar refractivity (Wildman–Crippen MR) is 179 cm³/mol. The van der Waals surface area contributed by atoms with Gasteiger partial charge in [-0.1, -0.05) is 111 Å². The summed E-state index contributed by atoms with van der Waals surface area (Å²) in [6.07, 6.45) is 15.7. The van der Waals surface area contributed by atoms with Crippen LogP contribution in [-0.2, 0) is 28.7 Å². The molecule has 4 aliphatic carbocycles. The highest BCUT2D eigenvalue weighted by atomic mass is 17.1. The summed E-state index contributed by atoms with van der Waals surface area (Å²) in [4.78, 5) is 44.4. The molecule has 0 radical (unpaired) electrons. The molecule has 0 aromatic rings. The van der Waals surface area contributed by atoms with E-state index < -0.39 is 82.4 Å². The Labute approximate surface area is 286 Å². The number of carbonyl (C=O) groups excluding carboxylic acids is 3. The van der Waals surface area contributed by atoms with Gasteiger partial charge in [-0.15, -0.1) is 0 Å². The van der Waals surface area contributed by atoms with E-state index in [9.17, 15) is 35.0 Å². The quantitative estimate of drug-likeness (QED) is 0.0446. The maximum atomic E-state index is 13.4. The van der Waals surface area contributed by atoms with Crippen LogP contribution < -0.4 is 0 Å². The van der Waals surface area contributed by atoms with Crippen LogP contribution in [0.2, 0.25) is 0 Å². The van der Waals surface area contributed by atoms with Gasteiger partial charge in [-0.05, 0) is 30.6 Å². The molecule has 10 nitrogen and oxygen atoms in total. The van der Waals surface area contributed by atoms with E-state index in [1.807, 2.05) is 13.8 Å². The SMILES string of the molecule is CCCCCCCCCCCCCCCC(=O)OC1C(C)C2(O)C(C(OO)C(CO)=CC3(O)C(=O)C(C)=CC32)C2C(C)(C)C12OC(C)=O. The van der Waals surface area contributed by atoms with Crippen molar-refractivity contribution in [2.24, 2.45) is 29.1 Å². The summed E-state index contributed by atoms with van der Waals surface area (Å²) < 4.78 is 12.2. The zero-order chi connectivity index (χ0) is 35.5. The first-order valence-electron chi connectivity index (χ1n) is 18.4. The second kappa shape index (κ2) is 15.4. The highest BCUT2D eigenvalue weighted by Crippen LogP contribution is 2.77. The van der Waals surface area contributed by atoms with E-state index in [0.29, 0.717) is 6.42 Å². The standard InChI is InChI=1S/C38H60O10/c1-7-8-9-10-11-12-13-14-15-16-17-18-19-20-29(41)46-34-25(3)37(44)28-21-24(2)33(42)36(28,43)22-27(23-39)31(48-45)30(37)32-35(5,6)38(32,34)47-26(4)40/h21-22,25,28,30-32,34,39,43-45H,7-20,23H2,1-6H3. The normalized spacial score (nSPS) is 36.2. The van der Waals surface area contributed by atoms with Crippen molar-refractivity contribution in [1.82, 2.24) is 0 Å². The smallest absolute Gasteiger partial charge is 0.306 e. The second-order valence-electron chi connectivity index (χ2n) is 15.6. The molecule has 0 aromatic carbocycles. The Morgan fingerprint density at radius 1 is 0.917 bits per heavy atom. The van der Waals surface area contributed by atoms with Crippen molar-refractivity contribution in [2.75, 3.05) is 6.61 Å². The Bertz CT molecular complexity index is 1240. The molecule has 0 spiro atoms. The van der Waals surface area contributed by atoms with E-state index in [1.165, 1.54) is 76.9 Å². The molecule has 2 saturated carbocycles. The Kier molecular flexibility index (Phi) is 12.4. The van der Waals surface area contributed by atoms with Crippen LogP contribution in [0.3, 0.4) is 0 Å². The largest absolute Gasteiger partial charge is 0.458 e. The first-order chi connectivity index (χ1) is 22.7. The molecular formula is C38H60O10. The number of esters is 2. The van der Waals surface area contributed by atoms with Crippen LogP contribution in [0.15, 0.2) is 23.3 Å². The third-order valence-corrected chi connectivity index (χ3v) is 12.2. The average Bonchev–Trinajstić information content (AvgIpc) is 3.44. The van der Waals surface area contributed by atoms with Crippen molar-refractivity contribution in [3.8, 4) is 0 Å². The third-order valence-electron chi connectivity index (χ3n) is 12.2. The summed E-state index contributed by atoms with van der Waals surface area (Å²) >= 11 is 0. The summed E-state index contributed by atoms with van der Waals surface area (Å²) in [6, 6.07) is 0. The number of carbonyl (C=O) groups is 3. The molecule has 4 rings (SSSR count). The Morgan fingerprint density at radius 2 is 1.46 bits per heavy atom. The Morgan fingerprint density at radius 3 is 1.96 bits per heavy atom. The van der Waals surface area contributed by atoms with Gasteiger partial charge in [-0.25, -0.2) is 4.89 Å². The summed E-state index contributed by atoms with van der Waals surface area (Å²) in [7, 11) is 0. The van der Waals surface area contributed by atoms with Gasteiger partial charge >= 0.3 is 11.9 Å². The molecule has 48 heavy (non-hydrogen) atoms. The molecule has 9 atom stereocenters. The maximum Gasteiger partial charge on any atom is 0.306 e. The molecule has 9 unspecified atom stereocenters. The zero-order valence-electron chi connectivity index (χ0n) is 30.0. The number of aliphatic hydroxyl groups excluding tert-OH is 1. The highest BCUT2D eigenvalue weighted by molar-refractivity contribution is 6.06. The van der Waals surface area contributed by atoms with Crippen LogP contribution in [0.25, 0.3) is 0 Å². The first-order valence-corrected chi connectivity index (χ1v) is 18.4. The van der Waals surface area contributed by atoms with Gasteiger partial charge in [0.25, 0.3) is 0 Å².